The van der Waals surface area contributed by atoms with E-state index in [1.807, 2.05) is 26.8 Å². The number of ether oxygens (including phenoxy) is 2. The molecule has 0 atom stereocenters. The van der Waals surface area contributed by atoms with E-state index in [1.165, 1.54) is 0 Å². The van der Waals surface area contributed by atoms with Gasteiger partial charge in [0.1, 0.15) is 0 Å². The molecule has 0 aliphatic rings. The summed E-state index contributed by atoms with van der Waals surface area (Å²) in [4.78, 5) is 0. The van der Waals surface area contributed by atoms with Crippen LogP contribution in [-0.4, -0.2) is 19.8 Å². The SMILES string of the molecule is COc1cc(Br)c(CC(C)(C)N)c(C)c1OC. The molecule has 1 rings (SSSR count). The zero-order chi connectivity index (χ0) is 13.2. The molecule has 17 heavy (non-hydrogen) atoms. The smallest absolute Gasteiger partial charge is 0.163 e. The summed E-state index contributed by atoms with van der Waals surface area (Å²) in [6.45, 7) is 6.04. The minimum atomic E-state index is -0.257. The molecule has 0 saturated carbocycles. The topological polar surface area (TPSA) is 44.5 Å². The lowest BCUT2D eigenvalue weighted by molar-refractivity contribution is 0.351. The molecule has 4 heteroatoms. The van der Waals surface area contributed by atoms with Crippen LogP contribution in [0.2, 0.25) is 0 Å². The van der Waals surface area contributed by atoms with Crippen molar-refractivity contribution < 1.29 is 9.47 Å². The summed E-state index contributed by atoms with van der Waals surface area (Å²) in [6, 6.07) is 1.92. The first-order valence-corrected chi connectivity index (χ1v) is 6.28. The molecule has 2 N–H and O–H groups in total. The monoisotopic (exact) mass is 301 g/mol. The number of rotatable bonds is 4. The van der Waals surface area contributed by atoms with Gasteiger partial charge in [-0.1, -0.05) is 15.9 Å². The number of nitrogens with two attached hydrogens (primary N) is 1. The largest absolute Gasteiger partial charge is 0.493 e. The van der Waals surface area contributed by atoms with Crippen LogP contribution in [0.1, 0.15) is 25.0 Å². The summed E-state index contributed by atoms with van der Waals surface area (Å²) in [6.07, 6.45) is 0.778. The predicted molar refractivity (Wildman–Crippen MR) is 74.0 cm³/mol. The Labute approximate surface area is 111 Å². The van der Waals surface area contributed by atoms with E-state index >= 15 is 0 Å². The normalized spacial score (nSPS) is 11.5. The lowest BCUT2D eigenvalue weighted by Crippen LogP contribution is -2.34. The van der Waals surface area contributed by atoms with Gasteiger partial charge in [0.15, 0.2) is 11.5 Å². The lowest BCUT2D eigenvalue weighted by atomic mass is 9.93. The Morgan fingerprint density at radius 1 is 1.29 bits per heavy atom. The fourth-order valence-electron chi connectivity index (χ4n) is 1.85. The molecular weight excluding hydrogens is 282 g/mol. The van der Waals surface area contributed by atoms with Crippen molar-refractivity contribution >= 4 is 15.9 Å². The molecule has 0 aliphatic heterocycles. The third-order valence-electron chi connectivity index (χ3n) is 2.62. The maximum atomic E-state index is 6.07. The van der Waals surface area contributed by atoms with E-state index in [-0.39, 0.29) is 5.54 Å². The number of methoxy groups -OCH3 is 2. The van der Waals surface area contributed by atoms with Crippen LogP contribution in [0.15, 0.2) is 10.5 Å². The van der Waals surface area contributed by atoms with Crippen LogP contribution in [0, 0.1) is 6.92 Å². The van der Waals surface area contributed by atoms with E-state index in [4.69, 9.17) is 15.2 Å². The van der Waals surface area contributed by atoms with Gasteiger partial charge in [-0.3, -0.25) is 0 Å². The first kappa shape index (κ1) is 14.3. The molecule has 0 bridgehead atoms. The van der Waals surface area contributed by atoms with Crippen LogP contribution < -0.4 is 15.2 Å². The fourth-order valence-corrected chi connectivity index (χ4v) is 2.49. The van der Waals surface area contributed by atoms with Crippen molar-refractivity contribution in [3.05, 3.63) is 21.7 Å². The van der Waals surface area contributed by atoms with Crippen molar-refractivity contribution in [1.29, 1.82) is 0 Å². The van der Waals surface area contributed by atoms with E-state index in [2.05, 4.69) is 15.9 Å². The van der Waals surface area contributed by atoms with Crippen LogP contribution in [-0.2, 0) is 6.42 Å². The van der Waals surface area contributed by atoms with Crippen molar-refractivity contribution in [3.63, 3.8) is 0 Å². The molecule has 0 unspecified atom stereocenters. The van der Waals surface area contributed by atoms with Gasteiger partial charge in [0.25, 0.3) is 0 Å². The summed E-state index contributed by atoms with van der Waals surface area (Å²) < 4.78 is 11.7. The van der Waals surface area contributed by atoms with Crippen molar-refractivity contribution in [1.82, 2.24) is 0 Å². The number of benzene rings is 1. The molecule has 0 amide bonds. The average Bonchev–Trinajstić information content (AvgIpc) is 2.22. The van der Waals surface area contributed by atoms with Crippen molar-refractivity contribution in [2.24, 2.45) is 5.73 Å². The Bertz CT molecular complexity index is 411. The molecule has 1 aromatic carbocycles. The van der Waals surface area contributed by atoms with Crippen LogP contribution >= 0.6 is 15.9 Å². The maximum Gasteiger partial charge on any atom is 0.163 e. The van der Waals surface area contributed by atoms with E-state index in [1.54, 1.807) is 14.2 Å². The van der Waals surface area contributed by atoms with Gasteiger partial charge in [-0.05, 0) is 44.4 Å². The highest BCUT2D eigenvalue weighted by molar-refractivity contribution is 9.10. The van der Waals surface area contributed by atoms with Gasteiger partial charge in [-0.15, -0.1) is 0 Å². The van der Waals surface area contributed by atoms with Crippen LogP contribution in [0.5, 0.6) is 11.5 Å². The van der Waals surface area contributed by atoms with Gasteiger partial charge in [0.2, 0.25) is 0 Å². The number of halogens is 1. The van der Waals surface area contributed by atoms with Gasteiger partial charge in [-0.2, -0.15) is 0 Å². The molecular formula is C13H20BrNO2. The third kappa shape index (κ3) is 3.36. The van der Waals surface area contributed by atoms with E-state index in [9.17, 15) is 0 Å². The van der Waals surface area contributed by atoms with E-state index in [0.29, 0.717) is 0 Å². The van der Waals surface area contributed by atoms with Crippen molar-refractivity contribution in [2.45, 2.75) is 32.7 Å². The maximum absolute atomic E-state index is 6.07. The first-order chi connectivity index (χ1) is 7.80. The third-order valence-corrected chi connectivity index (χ3v) is 3.33. The van der Waals surface area contributed by atoms with Gasteiger partial charge >= 0.3 is 0 Å². The molecule has 0 aromatic heterocycles. The highest BCUT2D eigenvalue weighted by Crippen LogP contribution is 2.38. The Kier molecular flexibility index (Phi) is 4.44. The summed E-state index contributed by atoms with van der Waals surface area (Å²) >= 11 is 3.56. The van der Waals surface area contributed by atoms with Gasteiger partial charge < -0.3 is 15.2 Å². The Morgan fingerprint density at radius 2 is 1.88 bits per heavy atom. The summed E-state index contributed by atoms with van der Waals surface area (Å²) in [7, 11) is 3.28. The summed E-state index contributed by atoms with van der Waals surface area (Å²) in [5.41, 5.74) is 8.05. The minimum Gasteiger partial charge on any atom is -0.493 e. The zero-order valence-electron chi connectivity index (χ0n) is 11.1. The summed E-state index contributed by atoms with van der Waals surface area (Å²) in [5.74, 6) is 1.51. The molecule has 3 nitrogen and oxygen atoms in total. The van der Waals surface area contributed by atoms with Gasteiger partial charge in [0.05, 0.1) is 14.2 Å². The van der Waals surface area contributed by atoms with Crippen LogP contribution in [0.25, 0.3) is 0 Å². The lowest BCUT2D eigenvalue weighted by Gasteiger charge is -2.23. The fraction of sp³-hybridized carbons (Fsp3) is 0.538. The van der Waals surface area contributed by atoms with Gasteiger partial charge in [-0.25, -0.2) is 0 Å². The van der Waals surface area contributed by atoms with Crippen molar-refractivity contribution in [3.8, 4) is 11.5 Å². The summed E-state index contributed by atoms with van der Waals surface area (Å²) in [5, 5.41) is 0. The number of hydrogen-bond donors (Lipinski definition) is 1. The second-order valence-electron chi connectivity index (χ2n) is 4.86. The molecule has 1 aromatic rings. The Morgan fingerprint density at radius 3 is 2.29 bits per heavy atom. The quantitative estimate of drug-likeness (QED) is 0.929. The molecule has 0 aliphatic carbocycles. The van der Waals surface area contributed by atoms with Crippen LogP contribution in [0.3, 0.4) is 0 Å². The second-order valence-corrected chi connectivity index (χ2v) is 5.72. The molecule has 0 fully saturated rings. The average molecular weight is 302 g/mol. The molecule has 0 radical (unpaired) electrons. The standard InChI is InChI=1S/C13H20BrNO2/c1-8-9(7-13(2,3)15)10(14)6-11(16-4)12(8)17-5/h6H,7,15H2,1-5H3. The highest BCUT2D eigenvalue weighted by Gasteiger charge is 2.20. The van der Waals surface area contributed by atoms with E-state index in [0.717, 1.165) is 33.5 Å². The first-order valence-electron chi connectivity index (χ1n) is 5.49. The predicted octanol–water partition coefficient (Wildman–Crippen LogP) is 3.05. The van der Waals surface area contributed by atoms with Crippen molar-refractivity contribution in [2.75, 3.05) is 14.2 Å². The molecule has 96 valence electrons. The van der Waals surface area contributed by atoms with Crippen LogP contribution in [0.4, 0.5) is 0 Å². The number of hydrogen-bond acceptors (Lipinski definition) is 3. The molecule has 0 spiro atoms. The highest BCUT2D eigenvalue weighted by atomic mass is 79.9. The second kappa shape index (κ2) is 5.27. The molecule has 0 heterocycles. The molecule has 0 saturated heterocycles. The van der Waals surface area contributed by atoms with Gasteiger partial charge in [0, 0.05) is 10.0 Å². The van der Waals surface area contributed by atoms with E-state index < -0.39 is 0 Å². The Balaban J connectivity index is 3.32. The Hall–Kier alpha value is -0.740. The zero-order valence-corrected chi connectivity index (χ0v) is 12.6. The minimum absolute atomic E-state index is 0.257.